The van der Waals surface area contributed by atoms with Crippen LogP contribution < -0.4 is 4.74 Å². The van der Waals surface area contributed by atoms with Crippen molar-refractivity contribution in [3.05, 3.63) is 106 Å². The van der Waals surface area contributed by atoms with Gasteiger partial charge in [0.05, 0.1) is 17.6 Å². The topological polar surface area (TPSA) is 148 Å². The molecule has 0 radical (unpaired) electrons. The fraction of sp³-hybridized carbons (Fsp3) is 0.154. The quantitative estimate of drug-likeness (QED) is 0.0917. The van der Waals surface area contributed by atoms with E-state index >= 15 is 0 Å². The van der Waals surface area contributed by atoms with Crippen molar-refractivity contribution in [2.45, 2.75) is 11.5 Å². The molecule has 0 atom stereocenters. The number of ether oxygens (including phenoxy) is 3. The first-order valence-electron chi connectivity index (χ1n) is 11.0. The normalized spacial score (nSPS) is 11.6. The lowest BCUT2D eigenvalue weighted by Crippen LogP contribution is -2.15. The molecular weight excluding hydrogens is 518 g/mol. The molecule has 38 heavy (non-hydrogen) atoms. The van der Waals surface area contributed by atoms with E-state index in [1.807, 2.05) is 0 Å². The van der Waals surface area contributed by atoms with Gasteiger partial charge in [-0.1, -0.05) is 54.6 Å². The van der Waals surface area contributed by atoms with Gasteiger partial charge in [0.25, 0.3) is 5.09 Å². The van der Waals surface area contributed by atoms with Gasteiger partial charge in [-0.15, -0.1) is 10.1 Å². The number of carbonyl (C=O) groups excluding carboxylic acids is 2. The molecule has 3 aromatic carbocycles. The second kappa shape index (κ2) is 12.5. The third-order valence-corrected chi connectivity index (χ3v) is 6.28. The van der Waals surface area contributed by atoms with E-state index in [4.69, 9.17) is 14.2 Å². The van der Waals surface area contributed by atoms with Gasteiger partial charge in [-0.2, -0.15) is 0 Å². The van der Waals surface area contributed by atoms with Crippen molar-refractivity contribution in [3.63, 3.8) is 0 Å². The molecule has 0 N–H and O–H groups in total. The summed E-state index contributed by atoms with van der Waals surface area (Å²) in [6.45, 7) is -0.768. The van der Waals surface area contributed by atoms with Crippen molar-refractivity contribution in [1.82, 2.24) is 0 Å². The predicted molar refractivity (Wildman–Crippen MR) is 135 cm³/mol. The summed E-state index contributed by atoms with van der Waals surface area (Å²) in [5.41, 5.74) is 1.63. The summed E-state index contributed by atoms with van der Waals surface area (Å²) in [5.74, 6) is -0.646. The van der Waals surface area contributed by atoms with Crippen LogP contribution in [0.1, 0.15) is 16.7 Å². The number of rotatable bonds is 10. The van der Waals surface area contributed by atoms with Gasteiger partial charge < -0.3 is 19.0 Å². The second-order valence-corrected chi connectivity index (χ2v) is 9.81. The van der Waals surface area contributed by atoms with E-state index in [1.54, 1.807) is 36.4 Å². The minimum atomic E-state index is -3.47. The van der Waals surface area contributed by atoms with Crippen LogP contribution >= 0.6 is 0 Å². The van der Waals surface area contributed by atoms with Gasteiger partial charge in [-0.25, -0.2) is 18.0 Å². The Bertz CT molecular complexity index is 1450. The van der Waals surface area contributed by atoms with Crippen molar-refractivity contribution in [2.24, 2.45) is 0 Å². The summed E-state index contributed by atoms with van der Waals surface area (Å²) in [4.78, 5) is 40.1. The summed E-state index contributed by atoms with van der Waals surface area (Å²) in [6, 6.07) is 20.2. The molecule has 0 spiro atoms. The maximum atomic E-state index is 12.8. The Morgan fingerprint density at radius 1 is 0.921 bits per heavy atom. The molecule has 0 unspecified atom stereocenters. The van der Waals surface area contributed by atoms with Crippen LogP contribution in [0.25, 0.3) is 11.1 Å². The van der Waals surface area contributed by atoms with Gasteiger partial charge in [0, 0.05) is 11.8 Å². The van der Waals surface area contributed by atoms with Crippen molar-refractivity contribution in [1.29, 1.82) is 0 Å². The Morgan fingerprint density at radius 3 is 2.21 bits per heavy atom. The van der Waals surface area contributed by atoms with Crippen molar-refractivity contribution in [3.8, 4) is 5.75 Å². The number of esters is 1. The van der Waals surface area contributed by atoms with Gasteiger partial charge in [-0.05, 0) is 41.0 Å². The zero-order valence-corrected chi connectivity index (χ0v) is 21.2. The molecule has 0 fully saturated rings. The highest BCUT2D eigenvalue weighted by atomic mass is 32.2. The average Bonchev–Trinajstić information content (AvgIpc) is 2.89. The maximum Gasteiger partial charge on any atom is 0.514 e. The number of nitrogens with zero attached hydrogens (tertiary/aromatic N) is 1. The molecule has 0 aliphatic carbocycles. The standard InChI is InChI=1S/C26H23NO10S/c1-34-25(28)24(20-8-4-3-5-9-20)23(19-11-13-22(14-12-19)38(2,32)33)17-35-26(29)37-21-10-6-7-18(15-21)16-36-27(30)31/h3-15H,16-17H2,1-2H3/b24-23+. The molecule has 0 saturated heterocycles. The SMILES string of the molecule is COC(=O)/C(=C(\COC(=O)Oc1cccc(CO[N+](=O)[O-])c1)c1ccc(S(C)(=O)=O)cc1)c1ccccc1. The summed E-state index contributed by atoms with van der Waals surface area (Å²) in [5, 5.41) is 9.47. The summed E-state index contributed by atoms with van der Waals surface area (Å²) in [7, 11) is -2.26. The van der Waals surface area contributed by atoms with Gasteiger partial charge >= 0.3 is 12.1 Å². The fourth-order valence-electron chi connectivity index (χ4n) is 3.41. The maximum absolute atomic E-state index is 12.8. The Morgan fingerprint density at radius 2 is 1.61 bits per heavy atom. The zero-order valence-electron chi connectivity index (χ0n) is 20.4. The van der Waals surface area contributed by atoms with E-state index in [0.29, 0.717) is 16.7 Å². The Kier molecular flexibility index (Phi) is 9.17. The molecule has 0 aliphatic heterocycles. The number of methoxy groups -OCH3 is 1. The second-order valence-electron chi connectivity index (χ2n) is 7.79. The van der Waals surface area contributed by atoms with Crippen molar-refractivity contribution < 1.29 is 42.1 Å². The molecule has 0 saturated carbocycles. The lowest BCUT2D eigenvalue weighted by molar-refractivity contribution is -0.763. The molecule has 0 aromatic heterocycles. The molecule has 3 rings (SSSR count). The third-order valence-electron chi connectivity index (χ3n) is 5.16. The van der Waals surface area contributed by atoms with Crippen LogP contribution in [-0.2, 0) is 35.5 Å². The van der Waals surface area contributed by atoms with Crippen molar-refractivity contribution >= 4 is 33.1 Å². The lowest BCUT2D eigenvalue weighted by Gasteiger charge is -2.16. The molecule has 0 bridgehead atoms. The smallest absolute Gasteiger partial charge is 0.465 e. The monoisotopic (exact) mass is 541 g/mol. The fourth-order valence-corrected chi connectivity index (χ4v) is 4.04. The van der Waals surface area contributed by atoms with Crippen LogP contribution in [0.4, 0.5) is 4.79 Å². The van der Waals surface area contributed by atoms with Crippen LogP contribution in [0, 0.1) is 10.1 Å². The number of sulfone groups is 1. The van der Waals surface area contributed by atoms with Gasteiger partial charge in [-0.3, -0.25) is 0 Å². The molecule has 198 valence electrons. The summed E-state index contributed by atoms with van der Waals surface area (Å²) >= 11 is 0. The van der Waals surface area contributed by atoms with E-state index in [1.165, 1.54) is 49.6 Å². The van der Waals surface area contributed by atoms with Crippen LogP contribution in [0.2, 0.25) is 0 Å². The molecule has 3 aromatic rings. The van der Waals surface area contributed by atoms with Gasteiger partial charge in [0.15, 0.2) is 9.84 Å². The average molecular weight is 542 g/mol. The highest BCUT2D eigenvalue weighted by Gasteiger charge is 2.22. The number of carbonyl (C=O) groups is 2. The first-order chi connectivity index (χ1) is 18.1. The minimum absolute atomic E-state index is 0.0544. The third kappa shape index (κ3) is 7.64. The highest BCUT2D eigenvalue weighted by Crippen LogP contribution is 2.29. The molecule has 0 amide bonds. The minimum Gasteiger partial charge on any atom is -0.465 e. The Labute approximate surface area is 218 Å². The first-order valence-corrected chi connectivity index (χ1v) is 12.9. The van der Waals surface area contributed by atoms with Crippen LogP contribution in [0.3, 0.4) is 0 Å². The highest BCUT2D eigenvalue weighted by molar-refractivity contribution is 7.90. The molecule has 0 aliphatic rings. The van der Waals surface area contributed by atoms with Crippen LogP contribution in [0.15, 0.2) is 83.8 Å². The summed E-state index contributed by atoms with van der Waals surface area (Å²) in [6.07, 6.45) is -0.0415. The van der Waals surface area contributed by atoms with Gasteiger partial charge in [0.2, 0.25) is 0 Å². The van der Waals surface area contributed by atoms with E-state index < -0.39 is 33.7 Å². The number of hydrogen-bond donors (Lipinski definition) is 0. The van der Waals surface area contributed by atoms with Crippen LogP contribution in [0.5, 0.6) is 5.75 Å². The molecule has 12 heteroatoms. The molecular formula is C26H23NO10S. The Balaban J connectivity index is 1.92. The largest absolute Gasteiger partial charge is 0.514 e. The first kappa shape index (κ1) is 27.9. The van der Waals surface area contributed by atoms with Gasteiger partial charge in [0.1, 0.15) is 19.0 Å². The molecule has 0 heterocycles. The lowest BCUT2D eigenvalue weighted by atomic mass is 9.95. The van der Waals surface area contributed by atoms with Crippen molar-refractivity contribution in [2.75, 3.05) is 20.0 Å². The van der Waals surface area contributed by atoms with E-state index in [2.05, 4.69) is 4.84 Å². The zero-order chi connectivity index (χ0) is 27.7. The number of benzene rings is 3. The van der Waals surface area contributed by atoms with E-state index in [-0.39, 0.29) is 28.4 Å². The molecule has 11 nitrogen and oxygen atoms in total. The predicted octanol–water partition coefficient (Wildman–Crippen LogP) is 4.10. The summed E-state index contributed by atoms with van der Waals surface area (Å²) < 4.78 is 39.3. The van der Waals surface area contributed by atoms with Crippen LogP contribution in [-0.4, -0.2) is 45.6 Å². The van der Waals surface area contributed by atoms with E-state index in [9.17, 15) is 28.1 Å². The Hall–Kier alpha value is -4.71. The number of hydrogen-bond acceptors (Lipinski definition) is 10. The van der Waals surface area contributed by atoms with E-state index in [0.717, 1.165) is 6.26 Å².